The fourth-order valence-electron chi connectivity index (χ4n) is 2.20. The first-order chi connectivity index (χ1) is 7.31. The Balaban J connectivity index is 2.19. The van der Waals surface area contributed by atoms with E-state index in [4.69, 9.17) is 4.74 Å². The molecular formula is C13H19NO. The molecule has 0 spiro atoms. The largest absolute Gasteiger partial charge is 0.494 e. The first-order valence-electron chi connectivity index (χ1n) is 5.76. The predicted molar refractivity (Wildman–Crippen MR) is 62.1 cm³/mol. The number of hydrogen-bond acceptors (Lipinski definition) is 2. The number of ether oxygens (including phenoxy) is 1. The highest BCUT2D eigenvalue weighted by atomic mass is 16.5. The van der Waals surface area contributed by atoms with Crippen LogP contribution < -0.4 is 10.1 Å². The van der Waals surface area contributed by atoms with E-state index in [-0.39, 0.29) is 0 Å². The molecule has 0 radical (unpaired) electrons. The number of benzene rings is 1. The van der Waals surface area contributed by atoms with E-state index >= 15 is 0 Å². The van der Waals surface area contributed by atoms with E-state index in [1.54, 1.807) is 0 Å². The van der Waals surface area contributed by atoms with E-state index < -0.39 is 0 Å². The van der Waals surface area contributed by atoms with Gasteiger partial charge in [0.15, 0.2) is 0 Å². The first-order valence-corrected chi connectivity index (χ1v) is 5.76. The topological polar surface area (TPSA) is 21.3 Å². The SMILES string of the molecule is CCOc1ccccc1C1CC(C)CN1. The van der Waals surface area contributed by atoms with E-state index in [1.807, 2.05) is 13.0 Å². The summed E-state index contributed by atoms with van der Waals surface area (Å²) >= 11 is 0. The molecule has 0 amide bonds. The van der Waals surface area contributed by atoms with Crippen LogP contribution in [-0.4, -0.2) is 13.2 Å². The Morgan fingerprint density at radius 3 is 2.87 bits per heavy atom. The Kier molecular flexibility index (Phi) is 3.27. The first kappa shape index (κ1) is 10.5. The summed E-state index contributed by atoms with van der Waals surface area (Å²) in [5.41, 5.74) is 1.31. The van der Waals surface area contributed by atoms with Crippen LogP contribution in [0.1, 0.15) is 31.9 Å². The Morgan fingerprint density at radius 2 is 2.20 bits per heavy atom. The average molecular weight is 205 g/mol. The second-order valence-corrected chi connectivity index (χ2v) is 4.27. The van der Waals surface area contributed by atoms with Gasteiger partial charge in [-0.1, -0.05) is 25.1 Å². The molecule has 1 aliphatic rings. The molecular weight excluding hydrogens is 186 g/mol. The molecule has 1 aromatic rings. The maximum atomic E-state index is 5.64. The fraction of sp³-hybridized carbons (Fsp3) is 0.538. The van der Waals surface area contributed by atoms with Crippen LogP contribution in [0.25, 0.3) is 0 Å². The van der Waals surface area contributed by atoms with Crippen molar-refractivity contribution in [1.82, 2.24) is 5.32 Å². The second kappa shape index (κ2) is 4.67. The molecule has 1 aliphatic heterocycles. The zero-order valence-electron chi connectivity index (χ0n) is 9.49. The molecule has 2 unspecified atom stereocenters. The molecule has 2 heteroatoms. The number of nitrogens with one attached hydrogen (secondary N) is 1. The van der Waals surface area contributed by atoms with Gasteiger partial charge in [-0.15, -0.1) is 0 Å². The van der Waals surface area contributed by atoms with Gasteiger partial charge in [-0.2, -0.15) is 0 Å². The normalized spacial score (nSPS) is 25.5. The summed E-state index contributed by atoms with van der Waals surface area (Å²) in [7, 11) is 0. The van der Waals surface area contributed by atoms with Gasteiger partial charge in [0.05, 0.1) is 6.61 Å². The molecule has 82 valence electrons. The third kappa shape index (κ3) is 2.32. The Hall–Kier alpha value is -1.02. The van der Waals surface area contributed by atoms with Crippen molar-refractivity contribution in [2.24, 2.45) is 5.92 Å². The molecule has 1 heterocycles. The Morgan fingerprint density at radius 1 is 1.40 bits per heavy atom. The standard InChI is InChI=1S/C13H19NO/c1-3-15-13-7-5-4-6-11(13)12-8-10(2)9-14-12/h4-7,10,12,14H,3,8-9H2,1-2H3. The minimum absolute atomic E-state index is 0.475. The number of para-hydroxylation sites is 1. The van der Waals surface area contributed by atoms with Crippen LogP contribution in [-0.2, 0) is 0 Å². The molecule has 15 heavy (non-hydrogen) atoms. The lowest BCUT2D eigenvalue weighted by atomic mass is 10.0. The summed E-state index contributed by atoms with van der Waals surface area (Å²) in [6, 6.07) is 8.82. The lowest BCUT2D eigenvalue weighted by Gasteiger charge is -2.15. The summed E-state index contributed by atoms with van der Waals surface area (Å²) in [5.74, 6) is 1.80. The molecule has 2 nitrogen and oxygen atoms in total. The molecule has 0 saturated carbocycles. The molecule has 2 atom stereocenters. The number of hydrogen-bond donors (Lipinski definition) is 1. The van der Waals surface area contributed by atoms with E-state index in [0.717, 1.165) is 24.8 Å². The number of rotatable bonds is 3. The molecule has 0 aromatic heterocycles. The summed E-state index contributed by atoms with van der Waals surface area (Å²) in [6.45, 7) is 6.17. The van der Waals surface area contributed by atoms with Gasteiger partial charge >= 0.3 is 0 Å². The lowest BCUT2D eigenvalue weighted by Crippen LogP contribution is -2.14. The second-order valence-electron chi connectivity index (χ2n) is 4.27. The van der Waals surface area contributed by atoms with E-state index in [0.29, 0.717) is 6.04 Å². The van der Waals surface area contributed by atoms with Gasteiger partial charge in [-0.25, -0.2) is 0 Å². The molecule has 1 aromatic carbocycles. The van der Waals surface area contributed by atoms with Crippen LogP contribution >= 0.6 is 0 Å². The fourth-order valence-corrected chi connectivity index (χ4v) is 2.20. The zero-order chi connectivity index (χ0) is 10.7. The van der Waals surface area contributed by atoms with Crippen LogP contribution in [0.3, 0.4) is 0 Å². The Labute approximate surface area is 91.6 Å². The zero-order valence-corrected chi connectivity index (χ0v) is 9.49. The highest BCUT2D eigenvalue weighted by Gasteiger charge is 2.24. The molecule has 1 N–H and O–H groups in total. The quantitative estimate of drug-likeness (QED) is 0.819. The highest BCUT2D eigenvalue weighted by Crippen LogP contribution is 2.32. The maximum absolute atomic E-state index is 5.64. The molecule has 0 bridgehead atoms. The smallest absolute Gasteiger partial charge is 0.124 e. The predicted octanol–water partition coefficient (Wildman–Crippen LogP) is 2.76. The maximum Gasteiger partial charge on any atom is 0.124 e. The van der Waals surface area contributed by atoms with Crippen LogP contribution in [0.2, 0.25) is 0 Å². The molecule has 1 saturated heterocycles. The van der Waals surface area contributed by atoms with E-state index in [2.05, 4.69) is 30.4 Å². The minimum Gasteiger partial charge on any atom is -0.494 e. The van der Waals surface area contributed by atoms with Crippen LogP contribution in [0.15, 0.2) is 24.3 Å². The van der Waals surface area contributed by atoms with Gasteiger partial charge in [0, 0.05) is 11.6 Å². The molecule has 0 aliphatic carbocycles. The van der Waals surface area contributed by atoms with Crippen molar-refractivity contribution in [2.45, 2.75) is 26.3 Å². The minimum atomic E-state index is 0.475. The highest BCUT2D eigenvalue weighted by molar-refractivity contribution is 5.36. The van der Waals surface area contributed by atoms with Crippen molar-refractivity contribution < 1.29 is 4.74 Å². The van der Waals surface area contributed by atoms with Gasteiger partial charge in [0.25, 0.3) is 0 Å². The summed E-state index contributed by atoms with van der Waals surface area (Å²) in [5, 5.41) is 3.54. The van der Waals surface area contributed by atoms with Gasteiger partial charge in [0.2, 0.25) is 0 Å². The van der Waals surface area contributed by atoms with Crippen LogP contribution in [0.5, 0.6) is 5.75 Å². The molecule has 1 fully saturated rings. The Bertz CT molecular complexity index is 324. The van der Waals surface area contributed by atoms with Crippen molar-refractivity contribution in [2.75, 3.05) is 13.2 Å². The van der Waals surface area contributed by atoms with Crippen molar-refractivity contribution in [3.05, 3.63) is 29.8 Å². The van der Waals surface area contributed by atoms with Crippen molar-refractivity contribution >= 4 is 0 Å². The van der Waals surface area contributed by atoms with Crippen molar-refractivity contribution in [1.29, 1.82) is 0 Å². The van der Waals surface area contributed by atoms with E-state index in [1.165, 1.54) is 12.0 Å². The van der Waals surface area contributed by atoms with Gasteiger partial charge in [-0.3, -0.25) is 0 Å². The third-order valence-corrected chi connectivity index (χ3v) is 2.95. The summed E-state index contributed by atoms with van der Waals surface area (Å²) in [4.78, 5) is 0. The summed E-state index contributed by atoms with van der Waals surface area (Å²) < 4.78 is 5.64. The molecule has 2 rings (SSSR count). The van der Waals surface area contributed by atoms with Crippen LogP contribution in [0.4, 0.5) is 0 Å². The van der Waals surface area contributed by atoms with Gasteiger partial charge in [0.1, 0.15) is 5.75 Å². The average Bonchev–Trinajstić information content (AvgIpc) is 2.66. The van der Waals surface area contributed by atoms with Crippen LogP contribution in [0, 0.1) is 5.92 Å². The van der Waals surface area contributed by atoms with Crippen molar-refractivity contribution in [3.8, 4) is 5.75 Å². The summed E-state index contributed by atoms with van der Waals surface area (Å²) in [6.07, 6.45) is 1.21. The van der Waals surface area contributed by atoms with E-state index in [9.17, 15) is 0 Å². The third-order valence-electron chi connectivity index (χ3n) is 2.95. The lowest BCUT2D eigenvalue weighted by molar-refractivity contribution is 0.332. The van der Waals surface area contributed by atoms with Gasteiger partial charge < -0.3 is 10.1 Å². The monoisotopic (exact) mass is 205 g/mol. The van der Waals surface area contributed by atoms with Crippen molar-refractivity contribution in [3.63, 3.8) is 0 Å². The van der Waals surface area contributed by atoms with Gasteiger partial charge in [-0.05, 0) is 31.9 Å².